The molecule has 0 spiro atoms. The molecular weight excluding hydrogens is 344 g/mol. The number of nitrogens with one attached hydrogen (secondary N) is 1. The van der Waals surface area contributed by atoms with Gasteiger partial charge in [0.05, 0.1) is 32.6 Å². The van der Waals surface area contributed by atoms with Crippen molar-refractivity contribution in [2.75, 3.05) is 19.5 Å². The van der Waals surface area contributed by atoms with E-state index < -0.39 is 0 Å². The maximum Gasteiger partial charge on any atom is 0.258 e. The van der Waals surface area contributed by atoms with Crippen LogP contribution in [0.2, 0.25) is 0 Å². The molecule has 6 nitrogen and oxygen atoms in total. The molecule has 1 atom stereocenters. The van der Waals surface area contributed by atoms with Gasteiger partial charge in [-0.1, -0.05) is 12.1 Å². The van der Waals surface area contributed by atoms with E-state index in [-0.39, 0.29) is 12.1 Å². The van der Waals surface area contributed by atoms with Gasteiger partial charge in [-0.05, 0) is 36.4 Å². The van der Waals surface area contributed by atoms with E-state index in [4.69, 9.17) is 13.9 Å². The van der Waals surface area contributed by atoms with Crippen LogP contribution in [0.4, 0.5) is 5.69 Å². The monoisotopic (exact) mass is 364 g/mol. The molecule has 1 aliphatic rings. The van der Waals surface area contributed by atoms with Crippen molar-refractivity contribution in [2.45, 2.75) is 12.7 Å². The summed E-state index contributed by atoms with van der Waals surface area (Å²) in [5.74, 6) is 1.97. The van der Waals surface area contributed by atoms with Crippen molar-refractivity contribution < 1.29 is 18.7 Å². The summed E-state index contributed by atoms with van der Waals surface area (Å²) in [5, 5.41) is 3.46. The van der Waals surface area contributed by atoms with Crippen molar-refractivity contribution in [1.29, 1.82) is 0 Å². The molecule has 0 fully saturated rings. The molecule has 0 radical (unpaired) electrons. The van der Waals surface area contributed by atoms with Gasteiger partial charge in [-0.2, -0.15) is 0 Å². The SMILES string of the molecule is COc1cc(OC)cc([C@H]2Nc3ccccc3C(=O)N2Cc2ccco2)c1. The summed E-state index contributed by atoms with van der Waals surface area (Å²) in [4.78, 5) is 15.0. The minimum Gasteiger partial charge on any atom is -0.497 e. The first-order chi connectivity index (χ1) is 13.2. The molecule has 1 N–H and O–H groups in total. The van der Waals surface area contributed by atoms with Crippen molar-refractivity contribution in [3.63, 3.8) is 0 Å². The van der Waals surface area contributed by atoms with Crippen molar-refractivity contribution >= 4 is 11.6 Å². The molecule has 1 aromatic heterocycles. The Morgan fingerprint density at radius 3 is 2.44 bits per heavy atom. The first-order valence-electron chi connectivity index (χ1n) is 8.61. The molecule has 0 unspecified atom stereocenters. The molecule has 4 rings (SSSR count). The average Bonchev–Trinajstić information content (AvgIpc) is 3.22. The van der Waals surface area contributed by atoms with E-state index in [1.165, 1.54) is 0 Å². The molecule has 2 aromatic carbocycles. The van der Waals surface area contributed by atoms with Gasteiger partial charge in [0.2, 0.25) is 0 Å². The van der Waals surface area contributed by atoms with Gasteiger partial charge >= 0.3 is 0 Å². The Hall–Kier alpha value is -3.41. The summed E-state index contributed by atoms with van der Waals surface area (Å²) < 4.78 is 16.3. The molecule has 0 bridgehead atoms. The van der Waals surface area contributed by atoms with Crippen LogP contribution in [0.5, 0.6) is 11.5 Å². The van der Waals surface area contributed by atoms with Gasteiger partial charge in [-0.3, -0.25) is 4.79 Å². The molecule has 27 heavy (non-hydrogen) atoms. The van der Waals surface area contributed by atoms with E-state index in [0.29, 0.717) is 29.4 Å². The predicted octanol–water partition coefficient (Wildman–Crippen LogP) is 4.06. The Morgan fingerprint density at radius 2 is 1.78 bits per heavy atom. The molecule has 0 saturated carbocycles. The van der Waals surface area contributed by atoms with Gasteiger partial charge in [0, 0.05) is 17.3 Å². The maximum absolute atomic E-state index is 13.2. The Labute approximate surface area is 157 Å². The molecular formula is C21H20N2O4. The molecule has 138 valence electrons. The first kappa shape index (κ1) is 17.0. The largest absolute Gasteiger partial charge is 0.497 e. The maximum atomic E-state index is 13.2. The third kappa shape index (κ3) is 3.21. The van der Waals surface area contributed by atoms with Gasteiger partial charge in [0.1, 0.15) is 23.4 Å². The van der Waals surface area contributed by atoms with Crippen molar-refractivity contribution in [2.24, 2.45) is 0 Å². The van der Waals surface area contributed by atoms with Crippen molar-refractivity contribution in [3.05, 3.63) is 77.7 Å². The van der Waals surface area contributed by atoms with Crippen LogP contribution in [-0.2, 0) is 6.54 Å². The molecule has 3 aromatic rings. The molecule has 6 heteroatoms. The van der Waals surface area contributed by atoms with E-state index in [0.717, 1.165) is 11.3 Å². The second-order valence-corrected chi connectivity index (χ2v) is 6.25. The highest BCUT2D eigenvalue weighted by Crippen LogP contribution is 2.36. The summed E-state index contributed by atoms with van der Waals surface area (Å²) in [7, 11) is 3.21. The lowest BCUT2D eigenvalue weighted by Gasteiger charge is -2.38. The topological polar surface area (TPSA) is 63.9 Å². The summed E-state index contributed by atoms with van der Waals surface area (Å²) in [5.41, 5.74) is 2.29. The number of hydrogen-bond donors (Lipinski definition) is 1. The summed E-state index contributed by atoms with van der Waals surface area (Å²) >= 11 is 0. The number of benzene rings is 2. The van der Waals surface area contributed by atoms with E-state index in [2.05, 4.69) is 5.32 Å². The highest BCUT2D eigenvalue weighted by molar-refractivity contribution is 6.01. The van der Waals surface area contributed by atoms with Crippen LogP contribution in [0.3, 0.4) is 0 Å². The fourth-order valence-corrected chi connectivity index (χ4v) is 3.28. The summed E-state index contributed by atoms with van der Waals surface area (Å²) in [6, 6.07) is 16.8. The second kappa shape index (κ2) is 7.07. The molecule has 0 saturated heterocycles. The third-order valence-corrected chi connectivity index (χ3v) is 4.62. The van der Waals surface area contributed by atoms with Gasteiger partial charge < -0.3 is 24.1 Å². The normalized spacial score (nSPS) is 15.9. The standard InChI is InChI=1S/C21H20N2O4/c1-25-16-10-14(11-17(12-16)26-2)20-22-19-8-4-3-7-18(19)21(24)23(20)13-15-6-5-9-27-15/h3-12,20,22H,13H2,1-2H3/t20-/m0/s1. The zero-order valence-corrected chi connectivity index (χ0v) is 15.1. The number of furan rings is 1. The number of fused-ring (bicyclic) bond motifs is 1. The van der Waals surface area contributed by atoms with Gasteiger partial charge in [0.25, 0.3) is 5.91 Å². The van der Waals surface area contributed by atoms with Crippen LogP contribution in [-0.4, -0.2) is 25.0 Å². The number of ether oxygens (including phenoxy) is 2. The van der Waals surface area contributed by atoms with Crippen LogP contribution in [0.15, 0.2) is 65.3 Å². The van der Waals surface area contributed by atoms with Gasteiger partial charge in [-0.25, -0.2) is 0 Å². The number of rotatable bonds is 5. The number of nitrogens with zero attached hydrogens (tertiary/aromatic N) is 1. The second-order valence-electron chi connectivity index (χ2n) is 6.25. The Kier molecular flexibility index (Phi) is 4.46. The minimum atomic E-state index is -0.388. The average molecular weight is 364 g/mol. The Morgan fingerprint density at radius 1 is 1.04 bits per heavy atom. The smallest absolute Gasteiger partial charge is 0.258 e. The van der Waals surface area contributed by atoms with Crippen molar-refractivity contribution in [3.8, 4) is 11.5 Å². The fraction of sp³-hybridized carbons (Fsp3) is 0.190. The Balaban J connectivity index is 1.79. The number of para-hydroxylation sites is 1. The number of carbonyl (C=O) groups is 1. The number of hydrogen-bond acceptors (Lipinski definition) is 5. The number of methoxy groups -OCH3 is 2. The number of amides is 1. The molecule has 1 aliphatic heterocycles. The summed E-state index contributed by atoms with van der Waals surface area (Å²) in [6.45, 7) is 0.345. The van der Waals surface area contributed by atoms with E-state index >= 15 is 0 Å². The van der Waals surface area contributed by atoms with Crippen LogP contribution in [0, 0.1) is 0 Å². The number of carbonyl (C=O) groups excluding carboxylic acids is 1. The van der Waals surface area contributed by atoms with E-state index in [1.807, 2.05) is 48.5 Å². The highest BCUT2D eigenvalue weighted by atomic mass is 16.5. The van der Waals surface area contributed by atoms with E-state index in [9.17, 15) is 4.79 Å². The minimum absolute atomic E-state index is 0.0625. The zero-order chi connectivity index (χ0) is 18.8. The highest BCUT2D eigenvalue weighted by Gasteiger charge is 2.33. The van der Waals surface area contributed by atoms with Crippen LogP contribution in [0.25, 0.3) is 0 Å². The van der Waals surface area contributed by atoms with E-state index in [1.54, 1.807) is 31.4 Å². The lowest BCUT2D eigenvalue weighted by molar-refractivity contribution is 0.0651. The van der Waals surface area contributed by atoms with Gasteiger partial charge in [-0.15, -0.1) is 0 Å². The third-order valence-electron chi connectivity index (χ3n) is 4.62. The fourth-order valence-electron chi connectivity index (χ4n) is 3.28. The Bertz CT molecular complexity index is 930. The van der Waals surface area contributed by atoms with Crippen LogP contribution >= 0.6 is 0 Å². The lowest BCUT2D eigenvalue weighted by Crippen LogP contribution is -2.42. The predicted molar refractivity (Wildman–Crippen MR) is 101 cm³/mol. The van der Waals surface area contributed by atoms with Gasteiger partial charge in [0.15, 0.2) is 0 Å². The van der Waals surface area contributed by atoms with Crippen LogP contribution < -0.4 is 14.8 Å². The summed E-state index contributed by atoms with van der Waals surface area (Å²) in [6.07, 6.45) is 1.22. The quantitative estimate of drug-likeness (QED) is 0.740. The number of anilines is 1. The molecule has 2 heterocycles. The molecule has 1 amide bonds. The van der Waals surface area contributed by atoms with Crippen molar-refractivity contribution in [1.82, 2.24) is 4.90 Å². The van der Waals surface area contributed by atoms with Crippen LogP contribution in [0.1, 0.15) is 27.8 Å². The first-order valence-corrected chi connectivity index (χ1v) is 8.61. The zero-order valence-electron chi connectivity index (χ0n) is 15.1. The lowest BCUT2D eigenvalue weighted by atomic mass is 10.0. The molecule has 0 aliphatic carbocycles.